The van der Waals surface area contributed by atoms with Crippen LogP contribution >= 0.6 is 0 Å². The number of hydrogen-bond donors (Lipinski definition) is 1. The number of rotatable bonds is 2. The molecule has 5 nitrogen and oxygen atoms in total. The van der Waals surface area contributed by atoms with E-state index in [2.05, 4.69) is 39.4 Å². The fraction of sp³-hybridized carbons (Fsp3) is 0.444. The lowest BCUT2D eigenvalue weighted by Gasteiger charge is -2.29. The molecule has 3 aromatic rings. The summed E-state index contributed by atoms with van der Waals surface area (Å²) in [6, 6.07) is 6.51. The molecule has 5 heteroatoms. The Labute approximate surface area is 136 Å². The van der Waals surface area contributed by atoms with E-state index in [-0.39, 0.29) is 0 Å². The summed E-state index contributed by atoms with van der Waals surface area (Å²) in [6.45, 7) is 6.42. The van der Waals surface area contributed by atoms with Crippen molar-refractivity contribution in [1.29, 1.82) is 0 Å². The van der Waals surface area contributed by atoms with Crippen LogP contribution in [0.25, 0.3) is 16.6 Å². The van der Waals surface area contributed by atoms with Gasteiger partial charge in [0.05, 0.1) is 16.7 Å². The fourth-order valence-electron chi connectivity index (χ4n) is 3.70. The molecular formula is C18H23N5. The Bertz CT molecular complexity index is 874. The standard InChI is InChI=1S/C18H23N5/c1-3-16-20-12(2)17-18(19)21-14-8-7-13(11-15(14)23(16)17)22-9-5-4-6-10-22/h7-8,11H,3-6,9-10H2,1-2H3,(H2,19,21). The van der Waals surface area contributed by atoms with E-state index in [1.165, 1.54) is 24.9 Å². The lowest BCUT2D eigenvalue weighted by Crippen LogP contribution is -2.29. The van der Waals surface area contributed by atoms with Gasteiger partial charge in [-0.25, -0.2) is 9.97 Å². The van der Waals surface area contributed by atoms with Gasteiger partial charge in [0.25, 0.3) is 0 Å². The first-order valence-corrected chi connectivity index (χ1v) is 8.51. The molecule has 23 heavy (non-hydrogen) atoms. The number of aromatic nitrogens is 3. The zero-order chi connectivity index (χ0) is 16.0. The van der Waals surface area contributed by atoms with Crippen LogP contribution < -0.4 is 10.6 Å². The van der Waals surface area contributed by atoms with E-state index in [9.17, 15) is 0 Å². The van der Waals surface area contributed by atoms with Gasteiger partial charge in [0.2, 0.25) is 0 Å². The predicted molar refractivity (Wildman–Crippen MR) is 95.1 cm³/mol. The Kier molecular flexibility index (Phi) is 3.36. The van der Waals surface area contributed by atoms with Crippen molar-refractivity contribution < 1.29 is 0 Å². The Morgan fingerprint density at radius 1 is 1.13 bits per heavy atom. The highest BCUT2D eigenvalue weighted by Crippen LogP contribution is 2.29. The van der Waals surface area contributed by atoms with E-state index in [0.29, 0.717) is 5.82 Å². The molecule has 1 saturated heterocycles. The third-order valence-electron chi connectivity index (χ3n) is 4.84. The predicted octanol–water partition coefficient (Wildman–Crippen LogP) is 3.33. The second kappa shape index (κ2) is 5.41. The summed E-state index contributed by atoms with van der Waals surface area (Å²) in [7, 11) is 0. The average molecular weight is 309 g/mol. The van der Waals surface area contributed by atoms with Gasteiger partial charge in [-0.15, -0.1) is 0 Å². The lowest BCUT2D eigenvalue weighted by atomic mass is 10.1. The van der Waals surface area contributed by atoms with Crippen LogP contribution in [0.4, 0.5) is 11.5 Å². The van der Waals surface area contributed by atoms with Crippen LogP contribution in [0.3, 0.4) is 0 Å². The molecule has 0 amide bonds. The summed E-state index contributed by atoms with van der Waals surface area (Å²) < 4.78 is 2.19. The molecule has 120 valence electrons. The first-order valence-electron chi connectivity index (χ1n) is 8.51. The maximum absolute atomic E-state index is 6.19. The van der Waals surface area contributed by atoms with Gasteiger partial charge in [0.15, 0.2) is 0 Å². The number of fused-ring (bicyclic) bond motifs is 3. The van der Waals surface area contributed by atoms with Gasteiger partial charge < -0.3 is 10.6 Å². The van der Waals surface area contributed by atoms with E-state index < -0.39 is 0 Å². The molecule has 0 saturated carbocycles. The molecule has 2 N–H and O–H groups in total. The van der Waals surface area contributed by atoms with Crippen molar-refractivity contribution in [2.75, 3.05) is 23.7 Å². The van der Waals surface area contributed by atoms with Crippen LogP contribution in [-0.4, -0.2) is 27.5 Å². The molecule has 0 bridgehead atoms. The molecule has 2 aromatic heterocycles. The van der Waals surface area contributed by atoms with Crippen LogP contribution in [0, 0.1) is 6.92 Å². The number of hydrogen-bond acceptors (Lipinski definition) is 4. The molecule has 4 rings (SSSR count). The molecule has 0 atom stereocenters. The number of nitrogens with two attached hydrogens (primary N) is 1. The normalized spacial score (nSPS) is 15.7. The molecule has 1 aliphatic rings. The minimum Gasteiger partial charge on any atom is -0.382 e. The first-order chi connectivity index (χ1) is 11.2. The van der Waals surface area contributed by atoms with Crippen LogP contribution in [-0.2, 0) is 6.42 Å². The maximum atomic E-state index is 6.19. The van der Waals surface area contributed by atoms with Crippen LogP contribution in [0.2, 0.25) is 0 Å². The van der Waals surface area contributed by atoms with Gasteiger partial charge in [-0.05, 0) is 44.4 Å². The minimum absolute atomic E-state index is 0.563. The molecule has 1 aliphatic heterocycles. The van der Waals surface area contributed by atoms with Gasteiger partial charge in [0.1, 0.15) is 17.2 Å². The Hall–Kier alpha value is -2.30. The van der Waals surface area contributed by atoms with Crippen molar-refractivity contribution in [3.05, 3.63) is 29.7 Å². The second-order valence-corrected chi connectivity index (χ2v) is 6.37. The first kappa shape index (κ1) is 14.3. The highest BCUT2D eigenvalue weighted by atomic mass is 15.1. The monoisotopic (exact) mass is 309 g/mol. The van der Waals surface area contributed by atoms with E-state index >= 15 is 0 Å². The van der Waals surface area contributed by atoms with Crippen molar-refractivity contribution >= 4 is 28.1 Å². The summed E-state index contributed by atoms with van der Waals surface area (Å²) in [6.07, 6.45) is 4.77. The summed E-state index contributed by atoms with van der Waals surface area (Å²) in [4.78, 5) is 11.8. The van der Waals surface area contributed by atoms with Gasteiger partial charge in [-0.3, -0.25) is 4.40 Å². The molecule has 0 spiro atoms. The van der Waals surface area contributed by atoms with E-state index in [1.54, 1.807) is 0 Å². The number of nitrogens with zero attached hydrogens (tertiary/aromatic N) is 4. The molecule has 0 unspecified atom stereocenters. The Morgan fingerprint density at radius 3 is 2.65 bits per heavy atom. The molecule has 1 aromatic carbocycles. The summed E-state index contributed by atoms with van der Waals surface area (Å²) in [5, 5.41) is 0. The molecule has 3 heterocycles. The second-order valence-electron chi connectivity index (χ2n) is 6.37. The summed E-state index contributed by atoms with van der Waals surface area (Å²) in [5.74, 6) is 1.61. The molecule has 0 radical (unpaired) electrons. The van der Waals surface area contributed by atoms with Crippen molar-refractivity contribution in [3.63, 3.8) is 0 Å². The number of benzene rings is 1. The Balaban J connectivity index is 1.98. The quantitative estimate of drug-likeness (QED) is 0.789. The Morgan fingerprint density at radius 2 is 1.91 bits per heavy atom. The molecule has 1 fully saturated rings. The zero-order valence-corrected chi connectivity index (χ0v) is 13.8. The zero-order valence-electron chi connectivity index (χ0n) is 13.8. The molecule has 0 aliphatic carbocycles. The van der Waals surface area contributed by atoms with E-state index in [1.807, 2.05) is 6.92 Å². The third-order valence-corrected chi connectivity index (χ3v) is 4.84. The number of piperidine rings is 1. The van der Waals surface area contributed by atoms with Crippen molar-refractivity contribution in [2.24, 2.45) is 0 Å². The number of anilines is 2. The van der Waals surface area contributed by atoms with Gasteiger partial charge >= 0.3 is 0 Å². The highest BCUT2D eigenvalue weighted by molar-refractivity contribution is 5.87. The van der Waals surface area contributed by atoms with Gasteiger partial charge in [0, 0.05) is 25.2 Å². The summed E-state index contributed by atoms with van der Waals surface area (Å²) in [5.41, 5.74) is 11.4. The maximum Gasteiger partial charge on any atom is 0.150 e. The highest BCUT2D eigenvalue weighted by Gasteiger charge is 2.16. The van der Waals surface area contributed by atoms with Crippen molar-refractivity contribution in [2.45, 2.75) is 39.5 Å². The third kappa shape index (κ3) is 2.22. The molecular weight excluding hydrogens is 286 g/mol. The summed E-state index contributed by atoms with van der Waals surface area (Å²) >= 11 is 0. The van der Waals surface area contributed by atoms with Crippen LogP contribution in [0.1, 0.15) is 37.7 Å². The van der Waals surface area contributed by atoms with E-state index in [0.717, 1.165) is 47.6 Å². The largest absolute Gasteiger partial charge is 0.382 e. The van der Waals surface area contributed by atoms with E-state index in [4.69, 9.17) is 10.7 Å². The smallest absolute Gasteiger partial charge is 0.150 e. The minimum atomic E-state index is 0.563. The SMILES string of the molecule is CCc1nc(C)c2c(N)nc3ccc(N4CCCCC4)cc3n12. The lowest BCUT2D eigenvalue weighted by molar-refractivity contribution is 0.578. The average Bonchev–Trinajstić information content (AvgIpc) is 2.93. The van der Waals surface area contributed by atoms with Crippen molar-refractivity contribution in [3.8, 4) is 0 Å². The number of aryl methyl sites for hydroxylation is 2. The van der Waals surface area contributed by atoms with Crippen LogP contribution in [0.15, 0.2) is 18.2 Å². The van der Waals surface area contributed by atoms with Crippen LogP contribution in [0.5, 0.6) is 0 Å². The van der Waals surface area contributed by atoms with Gasteiger partial charge in [-0.1, -0.05) is 6.92 Å². The van der Waals surface area contributed by atoms with Gasteiger partial charge in [-0.2, -0.15) is 0 Å². The van der Waals surface area contributed by atoms with Crippen molar-refractivity contribution in [1.82, 2.24) is 14.4 Å². The number of imidazole rings is 1. The number of nitrogen functional groups attached to an aromatic ring is 1. The fourth-order valence-corrected chi connectivity index (χ4v) is 3.70. The topological polar surface area (TPSA) is 59.5 Å².